The van der Waals surface area contributed by atoms with E-state index in [9.17, 15) is 5.11 Å². The van der Waals surface area contributed by atoms with Crippen LogP contribution in [0.2, 0.25) is 0 Å². The van der Waals surface area contributed by atoms with Crippen molar-refractivity contribution in [2.75, 3.05) is 6.54 Å². The maximum Gasteiger partial charge on any atom is 0.244 e. The zero-order chi connectivity index (χ0) is 18.2. The molecule has 0 saturated carbocycles. The number of β-amino-alcohol motifs (C(OH)–C–C–N with tert-alkyl or cyclic N) is 1. The van der Waals surface area contributed by atoms with Gasteiger partial charge in [-0.3, -0.25) is 4.90 Å². The van der Waals surface area contributed by atoms with Crippen LogP contribution in [0.5, 0.6) is 0 Å². The van der Waals surface area contributed by atoms with Gasteiger partial charge in [-0.2, -0.15) is 4.98 Å². The summed E-state index contributed by atoms with van der Waals surface area (Å²) in [4.78, 5) is 10.1. The molecule has 0 aliphatic carbocycles. The van der Waals surface area contributed by atoms with Crippen molar-refractivity contribution in [3.05, 3.63) is 72.2 Å². The smallest absolute Gasteiger partial charge is 0.244 e. The van der Waals surface area contributed by atoms with E-state index in [1.807, 2.05) is 48.7 Å². The van der Waals surface area contributed by atoms with Crippen LogP contribution in [0.25, 0.3) is 22.3 Å². The van der Waals surface area contributed by atoms with Gasteiger partial charge in [-0.15, -0.1) is 0 Å². The van der Waals surface area contributed by atoms with Gasteiger partial charge in [0.1, 0.15) is 0 Å². The summed E-state index contributed by atoms with van der Waals surface area (Å²) < 4.78 is 5.57. The Balaban J connectivity index is 1.42. The highest BCUT2D eigenvalue weighted by Gasteiger charge is 2.36. The molecule has 1 fully saturated rings. The number of aliphatic hydroxyl groups is 1. The number of hydrogen-bond acceptors (Lipinski definition) is 5. The zero-order valence-corrected chi connectivity index (χ0v) is 14.7. The fourth-order valence-corrected chi connectivity index (χ4v) is 3.87. The van der Waals surface area contributed by atoms with Crippen molar-refractivity contribution in [1.29, 1.82) is 0 Å². The molecule has 2 N–H and O–H groups in total. The Labute approximate surface area is 156 Å². The summed E-state index contributed by atoms with van der Waals surface area (Å²) in [5.41, 5.74) is 3.25. The Kier molecular flexibility index (Phi) is 3.99. The highest BCUT2D eigenvalue weighted by atomic mass is 16.5. The minimum absolute atomic E-state index is 0.0846. The number of para-hydroxylation sites is 1. The minimum atomic E-state index is -0.396. The van der Waals surface area contributed by atoms with Crippen LogP contribution in [0.1, 0.15) is 23.9 Å². The van der Waals surface area contributed by atoms with E-state index in [1.54, 1.807) is 0 Å². The molecule has 3 heterocycles. The van der Waals surface area contributed by atoms with Crippen LogP contribution in [-0.4, -0.2) is 37.8 Å². The van der Waals surface area contributed by atoms with Crippen molar-refractivity contribution in [2.45, 2.75) is 25.1 Å². The lowest BCUT2D eigenvalue weighted by Gasteiger charge is -2.20. The SMILES string of the molecule is O[C@@H]1C[C@@H](c2nc(-c3ccccc3)no2)N(Cc2c[nH]c3ccccc23)C1. The zero-order valence-electron chi connectivity index (χ0n) is 14.7. The number of rotatable bonds is 4. The van der Waals surface area contributed by atoms with Crippen LogP contribution in [0.4, 0.5) is 0 Å². The summed E-state index contributed by atoms with van der Waals surface area (Å²) in [6.45, 7) is 1.31. The Hall–Kier alpha value is -2.96. The second-order valence-corrected chi connectivity index (χ2v) is 7.02. The van der Waals surface area contributed by atoms with Crippen LogP contribution in [0.3, 0.4) is 0 Å². The second kappa shape index (κ2) is 6.64. The van der Waals surface area contributed by atoms with Gasteiger partial charge in [0, 0.05) is 35.8 Å². The van der Waals surface area contributed by atoms with E-state index in [-0.39, 0.29) is 6.04 Å². The third-order valence-electron chi connectivity index (χ3n) is 5.19. The quantitative estimate of drug-likeness (QED) is 0.582. The lowest BCUT2D eigenvalue weighted by Crippen LogP contribution is -2.24. The number of fused-ring (bicyclic) bond motifs is 1. The third-order valence-corrected chi connectivity index (χ3v) is 5.19. The van der Waals surface area contributed by atoms with Gasteiger partial charge in [-0.25, -0.2) is 0 Å². The van der Waals surface area contributed by atoms with Gasteiger partial charge in [-0.05, 0) is 18.1 Å². The van der Waals surface area contributed by atoms with Crippen LogP contribution in [-0.2, 0) is 6.54 Å². The molecule has 0 bridgehead atoms. The lowest BCUT2D eigenvalue weighted by molar-refractivity contribution is 0.169. The first-order valence-electron chi connectivity index (χ1n) is 9.14. The maximum absolute atomic E-state index is 10.3. The molecule has 27 heavy (non-hydrogen) atoms. The molecule has 2 aromatic carbocycles. The van der Waals surface area contributed by atoms with E-state index in [0.29, 0.717) is 24.7 Å². The first-order valence-corrected chi connectivity index (χ1v) is 9.14. The molecule has 1 saturated heterocycles. The molecule has 2 atom stereocenters. The summed E-state index contributed by atoms with van der Waals surface area (Å²) in [6, 6.07) is 17.9. The monoisotopic (exact) mass is 360 g/mol. The van der Waals surface area contributed by atoms with Crippen LogP contribution in [0, 0.1) is 0 Å². The second-order valence-electron chi connectivity index (χ2n) is 7.02. The molecule has 0 radical (unpaired) electrons. The molecule has 136 valence electrons. The van der Waals surface area contributed by atoms with E-state index in [2.05, 4.69) is 32.2 Å². The molecule has 0 unspecified atom stereocenters. The lowest BCUT2D eigenvalue weighted by atomic mass is 10.1. The summed E-state index contributed by atoms with van der Waals surface area (Å²) in [6.07, 6.45) is 2.24. The number of benzene rings is 2. The number of aromatic nitrogens is 3. The molecule has 1 aliphatic heterocycles. The third kappa shape index (κ3) is 3.03. The molecule has 6 heteroatoms. The summed E-state index contributed by atoms with van der Waals surface area (Å²) >= 11 is 0. The van der Waals surface area contributed by atoms with E-state index in [4.69, 9.17) is 4.52 Å². The van der Waals surface area contributed by atoms with Gasteiger partial charge in [0.2, 0.25) is 11.7 Å². The van der Waals surface area contributed by atoms with Gasteiger partial charge in [-0.1, -0.05) is 53.7 Å². The van der Waals surface area contributed by atoms with Crippen molar-refractivity contribution < 1.29 is 9.63 Å². The Morgan fingerprint density at radius 2 is 1.93 bits per heavy atom. The molecule has 5 rings (SSSR count). The van der Waals surface area contributed by atoms with Crippen molar-refractivity contribution >= 4 is 10.9 Å². The van der Waals surface area contributed by atoms with Gasteiger partial charge in [0.15, 0.2) is 0 Å². The number of nitrogens with zero attached hydrogens (tertiary/aromatic N) is 3. The fraction of sp³-hybridized carbons (Fsp3) is 0.238. The van der Waals surface area contributed by atoms with Gasteiger partial charge >= 0.3 is 0 Å². The summed E-state index contributed by atoms with van der Waals surface area (Å²) in [5, 5.41) is 15.6. The summed E-state index contributed by atoms with van der Waals surface area (Å²) in [5.74, 6) is 1.14. The van der Waals surface area contributed by atoms with Crippen molar-refractivity contribution in [3.63, 3.8) is 0 Å². The van der Waals surface area contributed by atoms with Crippen LogP contribution >= 0.6 is 0 Å². The number of aliphatic hydroxyl groups excluding tert-OH is 1. The normalized spacial score (nSPS) is 20.5. The molecule has 4 aromatic rings. The van der Waals surface area contributed by atoms with Gasteiger partial charge < -0.3 is 14.6 Å². The van der Waals surface area contributed by atoms with E-state index < -0.39 is 6.10 Å². The highest BCUT2D eigenvalue weighted by Crippen LogP contribution is 2.34. The number of nitrogens with one attached hydrogen (secondary N) is 1. The fourth-order valence-electron chi connectivity index (χ4n) is 3.87. The molecule has 6 nitrogen and oxygen atoms in total. The number of aromatic amines is 1. The average molecular weight is 360 g/mol. The van der Waals surface area contributed by atoms with Crippen molar-refractivity contribution in [3.8, 4) is 11.4 Å². The van der Waals surface area contributed by atoms with Gasteiger partial charge in [0.25, 0.3) is 0 Å². The Bertz CT molecular complexity index is 1060. The summed E-state index contributed by atoms with van der Waals surface area (Å²) in [7, 11) is 0. The molecule has 0 amide bonds. The largest absolute Gasteiger partial charge is 0.392 e. The predicted molar refractivity (Wildman–Crippen MR) is 102 cm³/mol. The number of hydrogen-bond donors (Lipinski definition) is 2. The first kappa shape index (κ1) is 16.2. The first-order chi connectivity index (χ1) is 13.3. The molecule has 0 spiro atoms. The van der Waals surface area contributed by atoms with Crippen molar-refractivity contribution in [1.82, 2.24) is 20.0 Å². The molecule has 2 aromatic heterocycles. The van der Waals surface area contributed by atoms with Crippen LogP contribution in [0.15, 0.2) is 65.3 Å². The van der Waals surface area contributed by atoms with E-state index >= 15 is 0 Å². The topological polar surface area (TPSA) is 78.2 Å². The molecule has 1 aliphatic rings. The van der Waals surface area contributed by atoms with Gasteiger partial charge in [0.05, 0.1) is 12.1 Å². The van der Waals surface area contributed by atoms with E-state index in [0.717, 1.165) is 17.6 Å². The van der Waals surface area contributed by atoms with E-state index in [1.165, 1.54) is 10.9 Å². The standard InChI is InChI=1S/C21H20N4O2/c26-16-10-19(21-23-20(24-27-21)14-6-2-1-3-7-14)25(13-16)12-15-11-22-18-9-5-4-8-17(15)18/h1-9,11,16,19,22,26H,10,12-13H2/t16-,19+/m1/s1. The minimum Gasteiger partial charge on any atom is -0.392 e. The Morgan fingerprint density at radius 3 is 2.81 bits per heavy atom. The number of likely N-dealkylation sites (tertiary alicyclic amines) is 1. The molecular weight excluding hydrogens is 340 g/mol. The average Bonchev–Trinajstić information content (AvgIpc) is 3.42. The number of H-pyrrole nitrogens is 1. The predicted octanol–water partition coefficient (Wildman–Crippen LogP) is 3.53. The highest BCUT2D eigenvalue weighted by molar-refractivity contribution is 5.82. The molecular formula is C21H20N4O2. The van der Waals surface area contributed by atoms with Crippen LogP contribution < -0.4 is 0 Å². The van der Waals surface area contributed by atoms with Crippen molar-refractivity contribution in [2.24, 2.45) is 0 Å². The Morgan fingerprint density at radius 1 is 1.11 bits per heavy atom. The maximum atomic E-state index is 10.3.